The van der Waals surface area contributed by atoms with Crippen LogP contribution in [-0.2, 0) is 0 Å². The van der Waals surface area contributed by atoms with Crippen LogP contribution in [0.2, 0.25) is 10.0 Å². The second kappa shape index (κ2) is 7.70. The number of pyridine rings is 1. The SMILES string of the molecule is CCN1C(=O)N(c2c(F)cc(I)cc2F)c2cc(Cl)ccc2-c2cc(Cl)cnc21. The summed E-state index contributed by atoms with van der Waals surface area (Å²) in [7, 11) is 0. The Morgan fingerprint density at radius 2 is 1.72 bits per heavy atom. The van der Waals surface area contributed by atoms with E-state index in [1.54, 1.807) is 25.1 Å². The second-order valence-corrected chi connectivity index (χ2v) is 8.38. The van der Waals surface area contributed by atoms with Gasteiger partial charge < -0.3 is 0 Å². The fourth-order valence-corrected chi connectivity index (χ4v) is 4.20. The number of amides is 2. The first-order chi connectivity index (χ1) is 13.8. The minimum atomic E-state index is -0.860. The Hall–Kier alpha value is -1.97. The Kier molecular flexibility index (Phi) is 5.39. The number of rotatable bonds is 2. The predicted octanol–water partition coefficient (Wildman–Crippen LogP) is 7.04. The Morgan fingerprint density at radius 1 is 1.03 bits per heavy atom. The summed E-state index contributed by atoms with van der Waals surface area (Å²) in [6.45, 7) is 1.98. The van der Waals surface area contributed by atoms with Gasteiger partial charge in [0.1, 0.15) is 11.5 Å². The molecule has 0 radical (unpaired) electrons. The molecule has 0 saturated heterocycles. The Labute approximate surface area is 189 Å². The third-order valence-corrected chi connectivity index (χ3v) is 5.59. The number of carbonyl (C=O) groups excluding carboxylic acids is 1. The van der Waals surface area contributed by atoms with Gasteiger partial charge in [-0.2, -0.15) is 0 Å². The van der Waals surface area contributed by atoms with Crippen LogP contribution in [0.4, 0.5) is 30.8 Å². The molecular weight excluding hydrogens is 534 g/mol. The van der Waals surface area contributed by atoms with Crippen LogP contribution < -0.4 is 9.80 Å². The number of hydrogen-bond acceptors (Lipinski definition) is 2. The number of nitrogens with zero attached hydrogens (tertiary/aromatic N) is 3. The zero-order valence-electron chi connectivity index (χ0n) is 14.9. The molecule has 0 bridgehead atoms. The second-order valence-electron chi connectivity index (χ2n) is 6.27. The van der Waals surface area contributed by atoms with Crippen LogP contribution in [-0.4, -0.2) is 17.6 Å². The predicted molar refractivity (Wildman–Crippen MR) is 119 cm³/mol. The maximum atomic E-state index is 14.9. The van der Waals surface area contributed by atoms with E-state index in [-0.39, 0.29) is 12.2 Å². The van der Waals surface area contributed by atoms with E-state index in [1.165, 1.54) is 29.3 Å². The highest BCUT2D eigenvalue weighted by Crippen LogP contribution is 2.46. The Bertz CT molecular complexity index is 1140. The van der Waals surface area contributed by atoms with Crippen molar-refractivity contribution in [1.82, 2.24) is 4.98 Å². The van der Waals surface area contributed by atoms with Crippen molar-refractivity contribution < 1.29 is 13.6 Å². The van der Waals surface area contributed by atoms with Crippen LogP contribution in [0.3, 0.4) is 0 Å². The lowest BCUT2D eigenvalue weighted by Crippen LogP contribution is -2.41. The lowest BCUT2D eigenvalue weighted by Gasteiger charge is -2.28. The number of urea groups is 1. The summed E-state index contributed by atoms with van der Waals surface area (Å²) < 4.78 is 30.2. The molecule has 1 aliphatic heterocycles. The molecule has 2 amide bonds. The van der Waals surface area contributed by atoms with E-state index in [0.717, 1.165) is 4.90 Å². The van der Waals surface area contributed by atoms with E-state index in [2.05, 4.69) is 4.98 Å². The van der Waals surface area contributed by atoms with Gasteiger partial charge in [-0.1, -0.05) is 29.3 Å². The summed E-state index contributed by atoms with van der Waals surface area (Å²) in [5, 5.41) is 0.683. The van der Waals surface area contributed by atoms with Gasteiger partial charge in [0.15, 0.2) is 11.6 Å². The Morgan fingerprint density at radius 3 is 2.38 bits per heavy atom. The normalized spacial score (nSPS) is 13.2. The lowest BCUT2D eigenvalue weighted by molar-refractivity contribution is 0.253. The maximum absolute atomic E-state index is 14.9. The molecule has 0 unspecified atom stereocenters. The standard InChI is InChI=1S/C20H12Cl2F2IN3O/c1-2-27-19-14(5-11(22)9-26-19)13-4-3-10(21)6-17(13)28(20(27)29)18-15(23)7-12(25)8-16(18)24/h3-9H,2H2,1H3. The Balaban J connectivity index is 2.10. The van der Waals surface area contributed by atoms with Crippen LogP contribution in [0.15, 0.2) is 42.6 Å². The van der Waals surface area contributed by atoms with Gasteiger partial charge in [-0.25, -0.2) is 18.6 Å². The molecule has 2 heterocycles. The summed E-state index contributed by atoms with van der Waals surface area (Å²) in [5.41, 5.74) is 0.855. The van der Waals surface area contributed by atoms with E-state index in [9.17, 15) is 13.6 Å². The molecule has 0 atom stereocenters. The number of anilines is 3. The zero-order valence-corrected chi connectivity index (χ0v) is 18.6. The summed E-state index contributed by atoms with van der Waals surface area (Å²) in [6, 6.07) is 8.15. The van der Waals surface area contributed by atoms with Crippen LogP contribution in [0.5, 0.6) is 0 Å². The van der Waals surface area contributed by atoms with Gasteiger partial charge in [0, 0.05) is 32.5 Å². The van der Waals surface area contributed by atoms with Crippen molar-refractivity contribution in [2.75, 3.05) is 16.3 Å². The molecule has 2 aromatic carbocycles. The van der Waals surface area contributed by atoms with Crippen LogP contribution in [0.25, 0.3) is 11.1 Å². The zero-order chi connectivity index (χ0) is 20.9. The minimum absolute atomic E-state index is 0.228. The van der Waals surface area contributed by atoms with E-state index < -0.39 is 23.4 Å². The highest BCUT2D eigenvalue weighted by atomic mass is 127. The summed E-state index contributed by atoms with van der Waals surface area (Å²) in [4.78, 5) is 20.1. The number of halogens is 5. The third-order valence-electron chi connectivity index (χ3n) is 4.52. The first-order valence-corrected chi connectivity index (χ1v) is 10.4. The average molecular weight is 546 g/mol. The molecule has 4 nitrogen and oxygen atoms in total. The average Bonchev–Trinajstić information content (AvgIpc) is 2.74. The number of hydrogen-bond donors (Lipinski definition) is 0. The van der Waals surface area contributed by atoms with Gasteiger partial charge in [-0.15, -0.1) is 0 Å². The summed E-state index contributed by atoms with van der Waals surface area (Å²) in [6.07, 6.45) is 1.42. The quantitative estimate of drug-likeness (QED) is 0.324. The van der Waals surface area contributed by atoms with Gasteiger partial charge in [0.2, 0.25) is 0 Å². The summed E-state index contributed by atoms with van der Waals surface area (Å²) >= 11 is 14.1. The van der Waals surface area contributed by atoms with Gasteiger partial charge in [0.25, 0.3) is 0 Å². The lowest BCUT2D eigenvalue weighted by atomic mass is 10.0. The maximum Gasteiger partial charge on any atom is 0.334 e. The molecule has 29 heavy (non-hydrogen) atoms. The molecule has 0 N–H and O–H groups in total. The topological polar surface area (TPSA) is 36.4 Å². The van der Waals surface area contributed by atoms with Gasteiger partial charge in [-0.05, 0) is 59.8 Å². The minimum Gasteiger partial charge on any atom is -0.278 e. The monoisotopic (exact) mass is 545 g/mol. The van der Waals surface area contributed by atoms with E-state index in [4.69, 9.17) is 23.2 Å². The molecule has 0 fully saturated rings. The molecule has 0 spiro atoms. The first kappa shape index (κ1) is 20.3. The van der Waals surface area contributed by atoms with Crippen LogP contribution in [0, 0.1) is 15.2 Å². The fourth-order valence-electron chi connectivity index (χ4n) is 3.33. The van der Waals surface area contributed by atoms with Gasteiger partial charge in [-0.3, -0.25) is 9.80 Å². The van der Waals surface area contributed by atoms with E-state index >= 15 is 0 Å². The number of fused-ring (bicyclic) bond motifs is 3. The van der Waals surface area contributed by atoms with Gasteiger partial charge in [0.05, 0.1) is 10.7 Å². The molecule has 1 aliphatic rings. The molecule has 148 valence electrons. The molecule has 1 aromatic heterocycles. The van der Waals surface area contributed by atoms with Crippen molar-refractivity contribution in [2.24, 2.45) is 0 Å². The smallest absolute Gasteiger partial charge is 0.278 e. The van der Waals surface area contributed by atoms with Crippen molar-refractivity contribution >= 4 is 69.0 Å². The van der Waals surface area contributed by atoms with Crippen molar-refractivity contribution in [2.45, 2.75) is 6.92 Å². The fraction of sp³-hybridized carbons (Fsp3) is 0.100. The van der Waals surface area contributed by atoms with E-state index in [0.29, 0.717) is 30.6 Å². The molecular formula is C20H12Cl2F2IN3O. The number of aromatic nitrogens is 1. The first-order valence-electron chi connectivity index (χ1n) is 8.53. The largest absolute Gasteiger partial charge is 0.334 e. The molecule has 9 heteroatoms. The molecule has 0 saturated carbocycles. The van der Waals surface area contributed by atoms with Crippen molar-refractivity contribution in [3.63, 3.8) is 0 Å². The third kappa shape index (κ3) is 3.45. The van der Waals surface area contributed by atoms with Crippen LogP contribution >= 0.6 is 45.8 Å². The number of carbonyl (C=O) groups is 1. The van der Waals surface area contributed by atoms with Crippen molar-refractivity contribution in [3.05, 3.63) is 67.8 Å². The molecule has 3 aromatic rings. The van der Waals surface area contributed by atoms with Crippen molar-refractivity contribution in [1.29, 1.82) is 0 Å². The van der Waals surface area contributed by atoms with E-state index in [1.807, 2.05) is 22.6 Å². The molecule has 0 aliphatic carbocycles. The van der Waals surface area contributed by atoms with Crippen LogP contribution in [0.1, 0.15) is 6.92 Å². The number of benzene rings is 2. The molecule has 4 rings (SSSR count). The van der Waals surface area contributed by atoms with Crippen molar-refractivity contribution in [3.8, 4) is 11.1 Å². The highest BCUT2D eigenvalue weighted by molar-refractivity contribution is 14.1. The summed E-state index contributed by atoms with van der Waals surface area (Å²) in [5.74, 6) is -1.37. The highest BCUT2D eigenvalue weighted by Gasteiger charge is 2.36. The van der Waals surface area contributed by atoms with Gasteiger partial charge >= 0.3 is 6.03 Å².